The molecule has 164 valence electrons. The van der Waals surface area contributed by atoms with E-state index < -0.39 is 11.5 Å². The number of fused-ring (bicyclic) bond motifs is 2. The van der Waals surface area contributed by atoms with Crippen LogP contribution in [0.1, 0.15) is 39.0 Å². The molecule has 4 nitrogen and oxygen atoms in total. The summed E-state index contributed by atoms with van der Waals surface area (Å²) in [5.74, 6) is -0.704. The fourth-order valence-corrected chi connectivity index (χ4v) is 4.80. The fourth-order valence-electron chi connectivity index (χ4n) is 4.80. The number of para-hydroxylation sites is 1. The predicted octanol–water partition coefficient (Wildman–Crippen LogP) is 5.46. The van der Waals surface area contributed by atoms with Crippen molar-refractivity contribution in [3.05, 3.63) is 113 Å². The summed E-state index contributed by atoms with van der Waals surface area (Å²) in [5, 5.41) is 13.8. The van der Waals surface area contributed by atoms with Crippen molar-refractivity contribution in [3.8, 4) is 0 Å². The van der Waals surface area contributed by atoms with Crippen LogP contribution in [0.5, 0.6) is 0 Å². The molecule has 0 saturated heterocycles. The number of ketones is 1. The Balaban J connectivity index is 1.53. The van der Waals surface area contributed by atoms with E-state index in [-0.39, 0.29) is 12.2 Å². The van der Waals surface area contributed by atoms with Crippen molar-refractivity contribution in [1.29, 1.82) is 0 Å². The Hall–Kier alpha value is -3.76. The molecule has 1 amide bonds. The summed E-state index contributed by atoms with van der Waals surface area (Å²) in [6.45, 7) is 4.11. The largest absolute Gasteiger partial charge is 0.375 e. The van der Waals surface area contributed by atoms with Gasteiger partial charge in [0.1, 0.15) is 0 Å². The molecule has 0 saturated carbocycles. The summed E-state index contributed by atoms with van der Waals surface area (Å²) < 4.78 is 0. The molecule has 4 heteroatoms. The van der Waals surface area contributed by atoms with Gasteiger partial charge in [0.05, 0.1) is 18.7 Å². The first-order chi connectivity index (χ1) is 15.9. The van der Waals surface area contributed by atoms with Gasteiger partial charge in [-0.05, 0) is 47.9 Å². The summed E-state index contributed by atoms with van der Waals surface area (Å²) in [6, 6.07) is 26.9. The molecule has 1 N–H and O–H groups in total. The van der Waals surface area contributed by atoms with E-state index in [1.54, 1.807) is 17.0 Å². The molecule has 4 aromatic carbocycles. The van der Waals surface area contributed by atoms with E-state index in [4.69, 9.17) is 0 Å². The van der Waals surface area contributed by atoms with Gasteiger partial charge in [0, 0.05) is 11.1 Å². The third-order valence-corrected chi connectivity index (χ3v) is 6.56. The second-order valence-corrected chi connectivity index (χ2v) is 8.83. The smallest absolute Gasteiger partial charge is 0.264 e. The highest BCUT2D eigenvalue weighted by Crippen LogP contribution is 2.44. The minimum atomic E-state index is -1.89. The molecule has 33 heavy (non-hydrogen) atoms. The van der Waals surface area contributed by atoms with Crippen molar-refractivity contribution in [2.24, 2.45) is 0 Å². The first kappa shape index (κ1) is 21.1. The lowest BCUT2D eigenvalue weighted by molar-refractivity contribution is -0.136. The van der Waals surface area contributed by atoms with Crippen LogP contribution in [0.4, 0.5) is 5.69 Å². The summed E-state index contributed by atoms with van der Waals surface area (Å²) in [5.41, 5.74) is 2.56. The molecule has 0 radical (unpaired) electrons. The van der Waals surface area contributed by atoms with E-state index in [0.29, 0.717) is 23.4 Å². The average molecular weight is 436 g/mol. The Kier molecular flexibility index (Phi) is 5.10. The molecule has 0 spiro atoms. The average Bonchev–Trinajstić information content (AvgIpc) is 3.02. The predicted molar refractivity (Wildman–Crippen MR) is 130 cm³/mol. The standard InChI is InChI=1S/C29H25NO3/c1-19-14-15-20(2)24(16-19)27(31)17-29(33)25-12-5-6-13-26(25)30(28(29)32)18-22-10-7-9-21-8-3-4-11-23(21)22/h3-16,33H,17-18H2,1-2H3. The molecule has 1 unspecified atom stereocenters. The molecule has 1 heterocycles. The number of anilines is 1. The number of carbonyl (C=O) groups excluding carboxylic acids is 2. The zero-order chi connectivity index (χ0) is 23.2. The lowest BCUT2D eigenvalue weighted by Crippen LogP contribution is -2.41. The molecule has 5 rings (SSSR count). The first-order valence-corrected chi connectivity index (χ1v) is 11.1. The lowest BCUT2D eigenvalue weighted by Gasteiger charge is -2.23. The lowest BCUT2D eigenvalue weighted by atomic mass is 9.87. The SMILES string of the molecule is Cc1ccc(C)c(C(=O)CC2(O)C(=O)N(Cc3cccc4ccccc34)c3ccccc32)c1. The van der Waals surface area contributed by atoms with Gasteiger partial charge >= 0.3 is 0 Å². The number of rotatable bonds is 5. The van der Waals surface area contributed by atoms with Crippen molar-refractivity contribution >= 4 is 28.2 Å². The van der Waals surface area contributed by atoms with Gasteiger partial charge in [0.15, 0.2) is 11.4 Å². The quantitative estimate of drug-likeness (QED) is 0.423. The minimum Gasteiger partial charge on any atom is -0.375 e. The van der Waals surface area contributed by atoms with Crippen molar-refractivity contribution in [2.45, 2.75) is 32.4 Å². The van der Waals surface area contributed by atoms with Crippen molar-refractivity contribution < 1.29 is 14.7 Å². The van der Waals surface area contributed by atoms with Gasteiger partial charge in [-0.25, -0.2) is 0 Å². The van der Waals surface area contributed by atoms with Crippen LogP contribution in [0.2, 0.25) is 0 Å². The second kappa shape index (κ2) is 7.98. The zero-order valence-electron chi connectivity index (χ0n) is 18.7. The molecule has 1 aliphatic rings. The monoisotopic (exact) mass is 435 g/mol. The van der Waals surface area contributed by atoms with Crippen LogP contribution >= 0.6 is 0 Å². The second-order valence-electron chi connectivity index (χ2n) is 8.83. The van der Waals surface area contributed by atoms with Crippen LogP contribution in [0.3, 0.4) is 0 Å². The third-order valence-electron chi connectivity index (χ3n) is 6.56. The minimum absolute atomic E-state index is 0.242. The van der Waals surface area contributed by atoms with Gasteiger partial charge in [0.25, 0.3) is 5.91 Å². The van der Waals surface area contributed by atoms with Crippen LogP contribution < -0.4 is 4.90 Å². The van der Waals surface area contributed by atoms with Gasteiger partial charge in [0.2, 0.25) is 0 Å². The molecule has 0 bridgehead atoms. The molecule has 4 aromatic rings. The van der Waals surface area contributed by atoms with E-state index in [0.717, 1.165) is 27.5 Å². The number of aryl methyl sites for hydroxylation is 2. The summed E-state index contributed by atoms with van der Waals surface area (Å²) >= 11 is 0. The Bertz CT molecular complexity index is 1400. The maximum Gasteiger partial charge on any atom is 0.264 e. The van der Waals surface area contributed by atoms with Gasteiger partial charge < -0.3 is 10.0 Å². The van der Waals surface area contributed by atoms with Crippen LogP contribution in [0.15, 0.2) is 84.9 Å². The van der Waals surface area contributed by atoms with Crippen LogP contribution in [-0.2, 0) is 16.9 Å². The van der Waals surface area contributed by atoms with E-state index in [1.807, 2.05) is 86.6 Å². The first-order valence-electron chi connectivity index (χ1n) is 11.1. The van der Waals surface area contributed by atoms with E-state index >= 15 is 0 Å². The number of Topliss-reactive ketones (excluding diaryl/α,β-unsaturated/α-hetero) is 1. The summed E-state index contributed by atoms with van der Waals surface area (Å²) in [7, 11) is 0. The van der Waals surface area contributed by atoms with E-state index in [9.17, 15) is 14.7 Å². The van der Waals surface area contributed by atoms with Crippen LogP contribution in [-0.4, -0.2) is 16.8 Å². The van der Waals surface area contributed by atoms with Gasteiger partial charge in [-0.1, -0.05) is 78.4 Å². The Morgan fingerprint density at radius 3 is 2.48 bits per heavy atom. The third kappa shape index (κ3) is 3.53. The molecule has 0 fully saturated rings. The molecule has 1 aliphatic heterocycles. The zero-order valence-corrected chi connectivity index (χ0v) is 18.7. The molecule has 0 aromatic heterocycles. The van der Waals surface area contributed by atoms with Crippen molar-refractivity contribution in [3.63, 3.8) is 0 Å². The number of benzene rings is 4. The molecular weight excluding hydrogens is 410 g/mol. The summed E-state index contributed by atoms with van der Waals surface area (Å²) in [4.78, 5) is 28.5. The van der Waals surface area contributed by atoms with E-state index in [2.05, 4.69) is 0 Å². The number of carbonyl (C=O) groups is 2. The van der Waals surface area contributed by atoms with Crippen LogP contribution in [0.25, 0.3) is 10.8 Å². The van der Waals surface area contributed by atoms with Gasteiger partial charge in [-0.3, -0.25) is 9.59 Å². The van der Waals surface area contributed by atoms with Gasteiger partial charge in [-0.2, -0.15) is 0 Å². The maximum atomic E-state index is 13.7. The molecular formula is C29H25NO3. The van der Waals surface area contributed by atoms with Gasteiger partial charge in [-0.15, -0.1) is 0 Å². The summed E-state index contributed by atoms with van der Waals surface area (Å²) in [6.07, 6.45) is -0.292. The Morgan fingerprint density at radius 2 is 1.64 bits per heavy atom. The number of amides is 1. The normalized spacial score (nSPS) is 17.4. The Labute approximate surface area is 193 Å². The number of hydrogen-bond acceptors (Lipinski definition) is 3. The fraction of sp³-hybridized carbons (Fsp3) is 0.172. The highest BCUT2D eigenvalue weighted by Gasteiger charge is 2.50. The van der Waals surface area contributed by atoms with Crippen molar-refractivity contribution in [1.82, 2.24) is 0 Å². The number of aliphatic hydroxyl groups is 1. The highest BCUT2D eigenvalue weighted by molar-refractivity contribution is 6.11. The molecule has 0 aliphatic carbocycles. The molecule has 1 atom stereocenters. The highest BCUT2D eigenvalue weighted by atomic mass is 16.3. The Morgan fingerprint density at radius 1 is 0.909 bits per heavy atom. The van der Waals surface area contributed by atoms with Crippen LogP contribution in [0, 0.1) is 13.8 Å². The number of nitrogens with zero attached hydrogens (tertiary/aromatic N) is 1. The topological polar surface area (TPSA) is 57.6 Å². The maximum absolute atomic E-state index is 13.7. The number of hydrogen-bond donors (Lipinski definition) is 1. The van der Waals surface area contributed by atoms with E-state index in [1.165, 1.54) is 0 Å². The van der Waals surface area contributed by atoms with Crippen molar-refractivity contribution in [2.75, 3.05) is 4.90 Å².